The van der Waals surface area contributed by atoms with E-state index in [-0.39, 0.29) is 5.54 Å². The minimum Gasteiger partial charge on any atom is -0.335 e. The lowest BCUT2D eigenvalue weighted by atomic mass is 9.95. The molecule has 0 bridgehead atoms. The first kappa shape index (κ1) is 8.72. The lowest BCUT2D eigenvalue weighted by Gasteiger charge is -2.34. The second-order valence-corrected chi connectivity index (χ2v) is 5.02. The molecule has 0 aromatic rings. The highest BCUT2D eigenvalue weighted by Crippen LogP contribution is 2.40. The first-order chi connectivity index (χ1) is 6.82. The molecule has 2 saturated heterocycles. The molecule has 14 heavy (non-hydrogen) atoms. The Morgan fingerprint density at radius 3 is 2.86 bits per heavy atom. The SMILES string of the molecule is O=C(C1CC1)N1CCCC12CCNC2. The smallest absolute Gasteiger partial charge is 0.226 e. The average Bonchev–Trinajstić information content (AvgIpc) is 2.82. The van der Waals surface area contributed by atoms with Crippen LogP contribution in [-0.4, -0.2) is 36.0 Å². The molecule has 3 heteroatoms. The summed E-state index contributed by atoms with van der Waals surface area (Å²) in [7, 11) is 0. The number of hydrogen-bond donors (Lipinski definition) is 1. The normalized spacial score (nSPS) is 37.0. The van der Waals surface area contributed by atoms with Gasteiger partial charge in [0.2, 0.25) is 5.91 Å². The lowest BCUT2D eigenvalue weighted by molar-refractivity contribution is -0.136. The molecule has 1 spiro atoms. The molecule has 3 fully saturated rings. The van der Waals surface area contributed by atoms with E-state index in [0.29, 0.717) is 11.8 Å². The van der Waals surface area contributed by atoms with Crippen LogP contribution in [0.2, 0.25) is 0 Å². The van der Waals surface area contributed by atoms with Gasteiger partial charge in [0.15, 0.2) is 0 Å². The average molecular weight is 194 g/mol. The molecule has 1 amide bonds. The number of rotatable bonds is 1. The third kappa shape index (κ3) is 1.18. The van der Waals surface area contributed by atoms with Gasteiger partial charge in [0.05, 0.1) is 5.54 Å². The minimum absolute atomic E-state index is 0.222. The van der Waals surface area contributed by atoms with Crippen LogP contribution in [0.3, 0.4) is 0 Å². The van der Waals surface area contributed by atoms with Crippen molar-refractivity contribution in [3.63, 3.8) is 0 Å². The number of carbonyl (C=O) groups excluding carboxylic acids is 1. The third-order valence-corrected chi connectivity index (χ3v) is 4.01. The van der Waals surface area contributed by atoms with Crippen LogP contribution >= 0.6 is 0 Å². The van der Waals surface area contributed by atoms with Gasteiger partial charge in [-0.2, -0.15) is 0 Å². The Morgan fingerprint density at radius 2 is 2.21 bits per heavy atom. The molecule has 2 heterocycles. The third-order valence-electron chi connectivity index (χ3n) is 4.01. The maximum Gasteiger partial charge on any atom is 0.226 e. The largest absolute Gasteiger partial charge is 0.335 e. The van der Waals surface area contributed by atoms with E-state index in [1.165, 1.54) is 19.3 Å². The van der Waals surface area contributed by atoms with Crippen molar-refractivity contribution in [3.05, 3.63) is 0 Å². The number of hydrogen-bond acceptors (Lipinski definition) is 2. The lowest BCUT2D eigenvalue weighted by Crippen LogP contribution is -2.49. The Bertz CT molecular complexity index is 249. The molecule has 1 unspecified atom stereocenters. The number of nitrogens with zero attached hydrogens (tertiary/aromatic N) is 1. The molecule has 2 aliphatic heterocycles. The topological polar surface area (TPSA) is 32.3 Å². The first-order valence-corrected chi connectivity index (χ1v) is 5.84. The zero-order valence-corrected chi connectivity index (χ0v) is 8.59. The molecule has 1 N–H and O–H groups in total. The van der Waals surface area contributed by atoms with E-state index in [2.05, 4.69) is 10.2 Å². The van der Waals surface area contributed by atoms with Gasteiger partial charge in [-0.05, 0) is 38.6 Å². The van der Waals surface area contributed by atoms with E-state index >= 15 is 0 Å². The standard InChI is InChI=1S/C11H18N2O/c14-10(9-2-3-9)13-7-1-4-11(13)5-6-12-8-11/h9,12H,1-8H2. The fourth-order valence-corrected chi connectivity index (χ4v) is 3.01. The molecule has 78 valence electrons. The molecular formula is C11H18N2O. The predicted molar refractivity (Wildman–Crippen MR) is 53.9 cm³/mol. The Morgan fingerprint density at radius 1 is 1.36 bits per heavy atom. The van der Waals surface area contributed by atoms with Gasteiger partial charge in [-0.1, -0.05) is 0 Å². The summed E-state index contributed by atoms with van der Waals surface area (Å²) in [4.78, 5) is 14.3. The Kier molecular flexibility index (Phi) is 1.84. The van der Waals surface area contributed by atoms with Gasteiger partial charge in [-0.3, -0.25) is 4.79 Å². The van der Waals surface area contributed by atoms with E-state index in [0.717, 1.165) is 32.5 Å². The fourth-order valence-electron chi connectivity index (χ4n) is 3.01. The van der Waals surface area contributed by atoms with Crippen LogP contribution in [0.4, 0.5) is 0 Å². The summed E-state index contributed by atoms with van der Waals surface area (Å²) in [5.74, 6) is 0.844. The molecule has 1 aliphatic carbocycles. The van der Waals surface area contributed by atoms with Crippen molar-refractivity contribution in [1.82, 2.24) is 10.2 Å². The molecule has 0 aromatic heterocycles. The first-order valence-electron chi connectivity index (χ1n) is 5.84. The Balaban J connectivity index is 1.79. The zero-order valence-electron chi connectivity index (χ0n) is 8.59. The van der Waals surface area contributed by atoms with Crippen LogP contribution in [0.25, 0.3) is 0 Å². The molecule has 3 aliphatic rings. The summed E-state index contributed by atoms with van der Waals surface area (Å²) in [5.41, 5.74) is 0.222. The molecular weight excluding hydrogens is 176 g/mol. The fraction of sp³-hybridized carbons (Fsp3) is 0.909. The second-order valence-electron chi connectivity index (χ2n) is 5.02. The second kappa shape index (κ2) is 2.96. The van der Waals surface area contributed by atoms with Gasteiger partial charge < -0.3 is 10.2 Å². The maximum atomic E-state index is 12.1. The van der Waals surface area contributed by atoms with E-state index in [1.807, 2.05) is 0 Å². The van der Waals surface area contributed by atoms with E-state index < -0.39 is 0 Å². The van der Waals surface area contributed by atoms with Crippen molar-refractivity contribution < 1.29 is 4.79 Å². The van der Waals surface area contributed by atoms with E-state index in [4.69, 9.17) is 0 Å². The van der Waals surface area contributed by atoms with Gasteiger partial charge in [0.1, 0.15) is 0 Å². The van der Waals surface area contributed by atoms with E-state index in [1.54, 1.807) is 0 Å². The van der Waals surface area contributed by atoms with Crippen molar-refractivity contribution in [2.45, 2.75) is 37.6 Å². The monoisotopic (exact) mass is 194 g/mol. The summed E-state index contributed by atoms with van der Waals surface area (Å²) < 4.78 is 0. The molecule has 0 aromatic carbocycles. The molecule has 1 atom stereocenters. The minimum atomic E-state index is 0.222. The highest BCUT2D eigenvalue weighted by Gasteiger charge is 2.48. The van der Waals surface area contributed by atoms with Gasteiger partial charge >= 0.3 is 0 Å². The van der Waals surface area contributed by atoms with Gasteiger partial charge in [-0.25, -0.2) is 0 Å². The summed E-state index contributed by atoms with van der Waals surface area (Å²) in [6.07, 6.45) is 5.88. The van der Waals surface area contributed by atoms with E-state index in [9.17, 15) is 4.79 Å². The molecule has 3 nitrogen and oxygen atoms in total. The van der Waals surface area contributed by atoms with Crippen LogP contribution in [0, 0.1) is 5.92 Å². The van der Waals surface area contributed by atoms with Crippen LogP contribution in [0.15, 0.2) is 0 Å². The van der Waals surface area contributed by atoms with Gasteiger partial charge in [-0.15, -0.1) is 0 Å². The van der Waals surface area contributed by atoms with Crippen molar-refractivity contribution in [2.75, 3.05) is 19.6 Å². The summed E-state index contributed by atoms with van der Waals surface area (Å²) >= 11 is 0. The summed E-state index contributed by atoms with van der Waals surface area (Å²) in [6.45, 7) is 3.14. The highest BCUT2D eigenvalue weighted by molar-refractivity contribution is 5.82. The highest BCUT2D eigenvalue weighted by atomic mass is 16.2. The number of amides is 1. The molecule has 1 saturated carbocycles. The number of nitrogens with one attached hydrogen (secondary N) is 1. The predicted octanol–water partition coefficient (Wildman–Crippen LogP) is 0.751. The van der Waals surface area contributed by atoms with Crippen molar-refractivity contribution in [2.24, 2.45) is 5.92 Å². The molecule has 3 rings (SSSR count). The maximum absolute atomic E-state index is 12.1. The Labute approximate surface area is 84.8 Å². The van der Waals surface area contributed by atoms with Crippen LogP contribution in [0.1, 0.15) is 32.1 Å². The van der Waals surface area contributed by atoms with Crippen molar-refractivity contribution in [3.8, 4) is 0 Å². The summed E-state index contributed by atoms with van der Waals surface area (Å²) in [5, 5.41) is 3.41. The quantitative estimate of drug-likeness (QED) is 0.668. The number of carbonyl (C=O) groups is 1. The molecule has 0 radical (unpaired) electrons. The van der Waals surface area contributed by atoms with Crippen molar-refractivity contribution >= 4 is 5.91 Å². The number of likely N-dealkylation sites (tertiary alicyclic amines) is 1. The van der Waals surface area contributed by atoms with Crippen LogP contribution < -0.4 is 5.32 Å². The van der Waals surface area contributed by atoms with Crippen molar-refractivity contribution in [1.29, 1.82) is 0 Å². The van der Waals surface area contributed by atoms with Gasteiger partial charge in [0.25, 0.3) is 0 Å². The Hall–Kier alpha value is -0.570. The van der Waals surface area contributed by atoms with Crippen LogP contribution in [-0.2, 0) is 4.79 Å². The summed E-state index contributed by atoms with van der Waals surface area (Å²) in [6, 6.07) is 0. The zero-order chi connectivity index (χ0) is 9.60. The van der Waals surface area contributed by atoms with Gasteiger partial charge in [0, 0.05) is 19.0 Å². The van der Waals surface area contributed by atoms with Crippen LogP contribution in [0.5, 0.6) is 0 Å².